The van der Waals surface area contributed by atoms with E-state index in [0.29, 0.717) is 13.1 Å². The van der Waals surface area contributed by atoms with Crippen molar-refractivity contribution in [2.45, 2.75) is 13.5 Å². The van der Waals surface area contributed by atoms with Gasteiger partial charge >= 0.3 is 0 Å². The van der Waals surface area contributed by atoms with Crippen molar-refractivity contribution in [1.82, 2.24) is 15.1 Å². The maximum atomic E-state index is 11.9. The lowest BCUT2D eigenvalue weighted by molar-refractivity contribution is -0.122. The molecule has 1 fully saturated rings. The third-order valence-electron chi connectivity index (χ3n) is 3.66. The molecule has 1 saturated heterocycles. The molecule has 2 N–H and O–H groups in total. The predicted octanol–water partition coefficient (Wildman–Crippen LogP) is 0.283. The van der Waals surface area contributed by atoms with Crippen molar-refractivity contribution in [2.24, 2.45) is 0 Å². The van der Waals surface area contributed by atoms with Gasteiger partial charge in [0.2, 0.25) is 5.91 Å². The number of aryl methyl sites for hydroxylation is 1. The third-order valence-corrected chi connectivity index (χ3v) is 4.69. The Morgan fingerprint density at radius 1 is 1.35 bits per heavy atom. The lowest BCUT2D eigenvalue weighted by atomic mass is 10.3. The first-order valence-electron chi connectivity index (χ1n) is 7.04. The number of nitrogens with zero attached hydrogens (tertiary/aromatic N) is 2. The number of thiophene rings is 1. The smallest absolute Gasteiger partial charge is 0.234 e. The number of nitrogens with one attached hydrogen (secondary N) is 1. The van der Waals surface area contributed by atoms with Crippen LogP contribution in [-0.2, 0) is 11.3 Å². The van der Waals surface area contributed by atoms with E-state index in [0.717, 1.165) is 32.7 Å². The number of aliphatic hydroxyl groups excluding tert-OH is 1. The maximum absolute atomic E-state index is 11.9. The topological polar surface area (TPSA) is 55.8 Å². The fourth-order valence-corrected chi connectivity index (χ4v) is 3.18. The zero-order valence-electron chi connectivity index (χ0n) is 12.0. The molecule has 0 saturated carbocycles. The normalized spacial score (nSPS) is 17.3. The van der Waals surface area contributed by atoms with Gasteiger partial charge in [0.25, 0.3) is 0 Å². The van der Waals surface area contributed by atoms with E-state index in [-0.39, 0.29) is 12.5 Å². The Morgan fingerprint density at radius 2 is 2.05 bits per heavy atom. The fraction of sp³-hybridized carbons (Fsp3) is 0.643. The molecule has 1 amide bonds. The maximum Gasteiger partial charge on any atom is 0.234 e. The highest BCUT2D eigenvalue weighted by atomic mass is 32.1. The molecule has 1 aliphatic rings. The second kappa shape index (κ2) is 7.73. The highest BCUT2D eigenvalue weighted by Gasteiger charge is 2.18. The van der Waals surface area contributed by atoms with E-state index >= 15 is 0 Å². The molecule has 0 radical (unpaired) electrons. The Kier molecular flexibility index (Phi) is 5.97. The number of hydrogen-bond acceptors (Lipinski definition) is 5. The number of rotatable bonds is 6. The minimum absolute atomic E-state index is 0.0911. The number of β-amino-alcohol motifs (C(OH)–C–C–N with tert-alkyl or cyclic N) is 1. The summed E-state index contributed by atoms with van der Waals surface area (Å²) in [6.07, 6.45) is 0. The first-order valence-corrected chi connectivity index (χ1v) is 7.92. The number of carbonyl (C=O) groups is 1. The van der Waals surface area contributed by atoms with Crippen molar-refractivity contribution in [1.29, 1.82) is 0 Å². The lowest BCUT2D eigenvalue weighted by Gasteiger charge is -2.33. The van der Waals surface area contributed by atoms with Crippen LogP contribution in [0.15, 0.2) is 11.4 Å². The summed E-state index contributed by atoms with van der Waals surface area (Å²) in [7, 11) is 0. The van der Waals surface area contributed by atoms with Gasteiger partial charge in [-0.15, -0.1) is 11.3 Å². The van der Waals surface area contributed by atoms with Gasteiger partial charge in [0.15, 0.2) is 0 Å². The summed E-state index contributed by atoms with van der Waals surface area (Å²) in [4.78, 5) is 17.5. The van der Waals surface area contributed by atoms with Crippen molar-refractivity contribution in [2.75, 3.05) is 45.9 Å². The summed E-state index contributed by atoms with van der Waals surface area (Å²) in [5.41, 5.74) is 1.24. The Labute approximate surface area is 124 Å². The molecule has 2 rings (SSSR count). The molecule has 1 aromatic rings. The summed E-state index contributed by atoms with van der Waals surface area (Å²) >= 11 is 1.68. The van der Waals surface area contributed by atoms with Crippen LogP contribution in [0.25, 0.3) is 0 Å². The van der Waals surface area contributed by atoms with Gasteiger partial charge in [-0.05, 0) is 23.9 Å². The quantitative estimate of drug-likeness (QED) is 0.792. The molecule has 112 valence electrons. The standard InChI is InChI=1S/C14H23N3O2S/c1-12-2-9-20-13(12)10-15-14(19)11-17-5-3-16(4-6-17)7-8-18/h2,9,18H,3-8,10-11H2,1H3,(H,15,19). The molecule has 0 atom stereocenters. The first-order chi connectivity index (χ1) is 9.69. The molecule has 0 unspecified atom stereocenters. The predicted molar refractivity (Wildman–Crippen MR) is 80.9 cm³/mol. The third kappa shape index (κ3) is 4.56. The number of aliphatic hydroxyl groups is 1. The molecule has 0 bridgehead atoms. The van der Waals surface area contributed by atoms with Crippen LogP contribution in [0.5, 0.6) is 0 Å². The molecule has 0 spiro atoms. The van der Waals surface area contributed by atoms with Gasteiger partial charge in [0.1, 0.15) is 0 Å². The van der Waals surface area contributed by atoms with E-state index in [9.17, 15) is 4.79 Å². The summed E-state index contributed by atoms with van der Waals surface area (Å²) < 4.78 is 0. The average molecular weight is 297 g/mol. The van der Waals surface area contributed by atoms with E-state index in [1.165, 1.54) is 10.4 Å². The zero-order valence-corrected chi connectivity index (χ0v) is 12.8. The Bertz CT molecular complexity index is 428. The minimum Gasteiger partial charge on any atom is -0.395 e. The zero-order chi connectivity index (χ0) is 14.4. The van der Waals surface area contributed by atoms with Crippen molar-refractivity contribution in [3.8, 4) is 0 Å². The van der Waals surface area contributed by atoms with Gasteiger partial charge in [-0.1, -0.05) is 0 Å². The highest BCUT2D eigenvalue weighted by molar-refractivity contribution is 7.10. The fourth-order valence-electron chi connectivity index (χ4n) is 2.34. The van der Waals surface area contributed by atoms with Crippen LogP contribution in [0.1, 0.15) is 10.4 Å². The van der Waals surface area contributed by atoms with Crippen LogP contribution >= 0.6 is 11.3 Å². The SMILES string of the molecule is Cc1ccsc1CNC(=O)CN1CCN(CCO)CC1. The lowest BCUT2D eigenvalue weighted by Crippen LogP contribution is -2.49. The first kappa shape index (κ1) is 15.4. The summed E-state index contributed by atoms with van der Waals surface area (Å²) in [5, 5.41) is 13.9. The Balaban J connectivity index is 1.66. The van der Waals surface area contributed by atoms with Gasteiger partial charge in [0.05, 0.1) is 19.7 Å². The molecule has 5 nitrogen and oxygen atoms in total. The monoisotopic (exact) mass is 297 g/mol. The van der Waals surface area contributed by atoms with Crippen LogP contribution in [0.2, 0.25) is 0 Å². The molecule has 6 heteroatoms. The highest BCUT2D eigenvalue weighted by Crippen LogP contribution is 2.14. The summed E-state index contributed by atoms with van der Waals surface area (Å²) in [6, 6.07) is 2.08. The van der Waals surface area contributed by atoms with Crippen molar-refractivity contribution >= 4 is 17.2 Å². The average Bonchev–Trinajstić information content (AvgIpc) is 2.84. The molecule has 2 heterocycles. The number of carbonyl (C=O) groups excluding carboxylic acids is 1. The van der Waals surface area contributed by atoms with Crippen LogP contribution in [0, 0.1) is 6.92 Å². The number of hydrogen-bond donors (Lipinski definition) is 2. The van der Waals surface area contributed by atoms with Crippen LogP contribution < -0.4 is 5.32 Å². The number of amides is 1. The number of piperazine rings is 1. The van der Waals surface area contributed by atoms with E-state index in [2.05, 4.69) is 33.5 Å². The van der Waals surface area contributed by atoms with Crippen LogP contribution in [0.3, 0.4) is 0 Å². The molecule has 1 aliphatic heterocycles. The van der Waals surface area contributed by atoms with Crippen molar-refractivity contribution in [3.05, 3.63) is 21.9 Å². The van der Waals surface area contributed by atoms with Crippen LogP contribution in [-0.4, -0.2) is 66.7 Å². The largest absolute Gasteiger partial charge is 0.395 e. The van der Waals surface area contributed by atoms with E-state index in [1.807, 2.05) is 0 Å². The van der Waals surface area contributed by atoms with Crippen LogP contribution in [0.4, 0.5) is 0 Å². The minimum atomic E-state index is 0.0911. The van der Waals surface area contributed by atoms with Gasteiger partial charge in [-0.3, -0.25) is 14.6 Å². The van der Waals surface area contributed by atoms with E-state index in [1.54, 1.807) is 11.3 Å². The summed E-state index contributed by atoms with van der Waals surface area (Å²) in [6.45, 7) is 7.76. The van der Waals surface area contributed by atoms with Gasteiger partial charge in [0, 0.05) is 37.6 Å². The molecular formula is C14H23N3O2S. The molecule has 1 aromatic heterocycles. The van der Waals surface area contributed by atoms with E-state index < -0.39 is 0 Å². The van der Waals surface area contributed by atoms with Crippen molar-refractivity contribution in [3.63, 3.8) is 0 Å². The second-order valence-corrected chi connectivity index (χ2v) is 6.15. The molecule has 20 heavy (non-hydrogen) atoms. The summed E-state index contributed by atoms with van der Waals surface area (Å²) in [5.74, 6) is 0.0911. The second-order valence-electron chi connectivity index (χ2n) is 5.14. The van der Waals surface area contributed by atoms with E-state index in [4.69, 9.17) is 5.11 Å². The van der Waals surface area contributed by atoms with Crippen molar-refractivity contribution < 1.29 is 9.90 Å². The molecular weight excluding hydrogens is 274 g/mol. The molecule has 0 aliphatic carbocycles. The molecule has 0 aromatic carbocycles. The van der Waals surface area contributed by atoms with Gasteiger partial charge in [-0.2, -0.15) is 0 Å². The van der Waals surface area contributed by atoms with Gasteiger partial charge in [-0.25, -0.2) is 0 Å². The Morgan fingerprint density at radius 3 is 2.65 bits per heavy atom. The van der Waals surface area contributed by atoms with Gasteiger partial charge < -0.3 is 10.4 Å². The Hall–Kier alpha value is -0.950.